The Morgan fingerprint density at radius 3 is 2.21 bits per heavy atom. The van der Waals surface area contributed by atoms with Crippen molar-refractivity contribution in [2.45, 2.75) is 70.5 Å². The minimum Gasteiger partial charge on any atom is -0.479 e. The largest absolute Gasteiger partial charge is 0.479 e. The highest BCUT2D eigenvalue weighted by Gasteiger charge is 2.18. The van der Waals surface area contributed by atoms with E-state index in [9.17, 15) is 4.79 Å². The van der Waals surface area contributed by atoms with Gasteiger partial charge in [-0.3, -0.25) is 0 Å². The van der Waals surface area contributed by atoms with Crippen LogP contribution in [-0.2, 0) is 9.53 Å². The lowest BCUT2D eigenvalue weighted by Gasteiger charge is -2.15. The summed E-state index contributed by atoms with van der Waals surface area (Å²) in [5.41, 5.74) is 0. The lowest BCUT2D eigenvalue weighted by molar-refractivity contribution is -0.153. The SMILES string of the molecule is CCCCCCCCCC(OCC(O)CO)C(=O)O. The smallest absolute Gasteiger partial charge is 0.332 e. The molecule has 0 heterocycles. The topological polar surface area (TPSA) is 87.0 Å². The van der Waals surface area contributed by atoms with Crippen LogP contribution in [0, 0.1) is 0 Å². The van der Waals surface area contributed by atoms with E-state index in [-0.39, 0.29) is 6.61 Å². The number of hydrogen-bond donors (Lipinski definition) is 3. The fourth-order valence-corrected chi connectivity index (χ4v) is 1.84. The van der Waals surface area contributed by atoms with Crippen LogP contribution in [0.1, 0.15) is 58.3 Å². The first kappa shape index (κ1) is 18.4. The normalized spacial score (nSPS) is 14.3. The number of rotatable bonds is 13. The Kier molecular flexibility index (Phi) is 12.0. The first-order valence-corrected chi connectivity index (χ1v) is 7.25. The average Bonchev–Trinajstić information content (AvgIpc) is 2.40. The van der Waals surface area contributed by atoms with Gasteiger partial charge in [0.05, 0.1) is 13.2 Å². The van der Waals surface area contributed by atoms with Crippen molar-refractivity contribution < 1.29 is 24.9 Å². The summed E-state index contributed by atoms with van der Waals surface area (Å²) in [7, 11) is 0. The van der Waals surface area contributed by atoms with E-state index < -0.39 is 24.8 Å². The summed E-state index contributed by atoms with van der Waals surface area (Å²) >= 11 is 0. The molecule has 0 aromatic carbocycles. The number of carboxylic acid groups (broad SMARTS) is 1. The number of hydrogen-bond acceptors (Lipinski definition) is 4. The van der Waals surface area contributed by atoms with Crippen molar-refractivity contribution in [2.24, 2.45) is 0 Å². The molecule has 2 atom stereocenters. The molecule has 5 heteroatoms. The molecule has 0 aromatic rings. The second kappa shape index (κ2) is 12.4. The number of aliphatic hydroxyl groups is 2. The number of ether oxygens (including phenoxy) is 1. The maximum Gasteiger partial charge on any atom is 0.332 e. The molecule has 0 bridgehead atoms. The molecule has 5 nitrogen and oxygen atoms in total. The first-order chi connectivity index (χ1) is 9.11. The Morgan fingerprint density at radius 2 is 1.68 bits per heavy atom. The minimum absolute atomic E-state index is 0.135. The van der Waals surface area contributed by atoms with Crippen LogP contribution in [0.2, 0.25) is 0 Å². The molecular weight excluding hydrogens is 248 g/mol. The van der Waals surface area contributed by atoms with Gasteiger partial charge < -0.3 is 20.1 Å². The molecule has 0 fully saturated rings. The lowest BCUT2D eigenvalue weighted by Crippen LogP contribution is -2.29. The predicted molar refractivity (Wildman–Crippen MR) is 73.1 cm³/mol. The lowest BCUT2D eigenvalue weighted by atomic mass is 10.1. The van der Waals surface area contributed by atoms with Crippen LogP contribution in [0.5, 0.6) is 0 Å². The van der Waals surface area contributed by atoms with Gasteiger partial charge in [0.15, 0.2) is 6.10 Å². The van der Waals surface area contributed by atoms with Gasteiger partial charge >= 0.3 is 5.97 Å². The van der Waals surface area contributed by atoms with Gasteiger partial charge in [0, 0.05) is 0 Å². The van der Waals surface area contributed by atoms with Gasteiger partial charge in [-0.2, -0.15) is 0 Å². The molecule has 0 radical (unpaired) electrons. The second-order valence-corrected chi connectivity index (χ2v) is 4.91. The quantitative estimate of drug-likeness (QED) is 0.448. The van der Waals surface area contributed by atoms with E-state index in [1.807, 2.05) is 0 Å². The van der Waals surface area contributed by atoms with E-state index in [4.69, 9.17) is 20.1 Å². The zero-order valence-corrected chi connectivity index (χ0v) is 11.9. The molecule has 0 aliphatic carbocycles. The van der Waals surface area contributed by atoms with Gasteiger partial charge in [-0.15, -0.1) is 0 Å². The molecule has 114 valence electrons. The summed E-state index contributed by atoms with van der Waals surface area (Å²) in [6, 6.07) is 0. The third kappa shape index (κ3) is 10.9. The van der Waals surface area contributed by atoms with Gasteiger partial charge in [0.1, 0.15) is 6.10 Å². The maximum absolute atomic E-state index is 10.9. The van der Waals surface area contributed by atoms with Crippen LogP contribution in [0.3, 0.4) is 0 Å². The van der Waals surface area contributed by atoms with Crippen LogP contribution < -0.4 is 0 Å². The third-order valence-electron chi connectivity index (χ3n) is 3.05. The van der Waals surface area contributed by atoms with Crippen LogP contribution in [0.25, 0.3) is 0 Å². The van der Waals surface area contributed by atoms with Crippen molar-refractivity contribution in [3.8, 4) is 0 Å². The molecule has 2 unspecified atom stereocenters. The Hall–Kier alpha value is -0.650. The fourth-order valence-electron chi connectivity index (χ4n) is 1.84. The van der Waals surface area contributed by atoms with E-state index in [1.165, 1.54) is 25.7 Å². The van der Waals surface area contributed by atoms with Crippen LogP contribution in [0.4, 0.5) is 0 Å². The molecular formula is C14H28O5. The zero-order chi connectivity index (χ0) is 14.5. The van der Waals surface area contributed by atoms with Crippen LogP contribution >= 0.6 is 0 Å². The standard InChI is InChI=1S/C14H28O5/c1-2-3-4-5-6-7-8-9-13(14(17)18)19-11-12(16)10-15/h12-13,15-16H,2-11H2,1H3,(H,17,18). The number of carbonyl (C=O) groups is 1. The molecule has 0 rings (SSSR count). The van der Waals surface area contributed by atoms with E-state index in [0.717, 1.165) is 19.3 Å². The zero-order valence-electron chi connectivity index (χ0n) is 11.9. The highest BCUT2D eigenvalue weighted by molar-refractivity contribution is 5.72. The van der Waals surface area contributed by atoms with Crippen molar-refractivity contribution in [1.82, 2.24) is 0 Å². The van der Waals surface area contributed by atoms with Gasteiger partial charge in [-0.25, -0.2) is 4.79 Å². The van der Waals surface area contributed by atoms with E-state index in [1.54, 1.807) is 0 Å². The summed E-state index contributed by atoms with van der Waals surface area (Å²) in [5.74, 6) is -1.00. The molecule has 3 N–H and O–H groups in total. The molecule has 0 aromatic heterocycles. The molecule has 0 aliphatic rings. The molecule has 0 saturated heterocycles. The highest BCUT2D eigenvalue weighted by Crippen LogP contribution is 2.11. The van der Waals surface area contributed by atoms with Gasteiger partial charge in [0.2, 0.25) is 0 Å². The van der Waals surface area contributed by atoms with Crippen molar-refractivity contribution in [3.63, 3.8) is 0 Å². The predicted octanol–water partition coefficient (Wildman–Crippen LogP) is 1.95. The summed E-state index contributed by atoms with van der Waals surface area (Å²) in [4.78, 5) is 10.9. The van der Waals surface area contributed by atoms with Gasteiger partial charge in [-0.1, -0.05) is 51.9 Å². The molecule has 0 saturated carbocycles. The molecule has 0 amide bonds. The van der Waals surface area contributed by atoms with Crippen molar-refractivity contribution in [3.05, 3.63) is 0 Å². The van der Waals surface area contributed by atoms with Crippen LogP contribution in [-0.4, -0.2) is 46.7 Å². The molecule has 0 aliphatic heterocycles. The Morgan fingerprint density at radius 1 is 1.11 bits per heavy atom. The monoisotopic (exact) mass is 276 g/mol. The average molecular weight is 276 g/mol. The Balaban J connectivity index is 3.62. The summed E-state index contributed by atoms with van der Waals surface area (Å²) < 4.78 is 5.09. The highest BCUT2D eigenvalue weighted by atomic mass is 16.5. The fraction of sp³-hybridized carbons (Fsp3) is 0.929. The van der Waals surface area contributed by atoms with Crippen molar-refractivity contribution in [1.29, 1.82) is 0 Å². The van der Waals surface area contributed by atoms with E-state index in [0.29, 0.717) is 6.42 Å². The maximum atomic E-state index is 10.9. The van der Waals surface area contributed by atoms with E-state index >= 15 is 0 Å². The van der Waals surface area contributed by atoms with E-state index in [2.05, 4.69) is 6.92 Å². The van der Waals surface area contributed by atoms with Crippen molar-refractivity contribution in [2.75, 3.05) is 13.2 Å². The summed E-state index contributed by atoms with van der Waals surface area (Å²) in [5, 5.41) is 26.7. The van der Waals surface area contributed by atoms with Crippen molar-refractivity contribution >= 4 is 5.97 Å². The minimum atomic E-state index is -1.00. The second-order valence-electron chi connectivity index (χ2n) is 4.91. The van der Waals surface area contributed by atoms with Crippen LogP contribution in [0.15, 0.2) is 0 Å². The number of aliphatic carboxylic acids is 1. The Bertz CT molecular complexity index is 220. The van der Waals surface area contributed by atoms with Gasteiger partial charge in [-0.05, 0) is 6.42 Å². The molecule has 0 spiro atoms. The number of carboxylic acids is 1. The third-order valence-corrected chi connectivity index (χ3v) is 3.05. The number of aliphatic hydroxyl groups excluding tert-OH is 2. The molecule has 19 heavy (non-hydrogen) atoms. The Labute approximate surface area is 115 Å². The summed E-state index contributed by atoms with van der Waals surface area (Å²) in [6.07, 6.45) is 6.48. The van der Waals surface area contributed by atoms with Gasteiger partial charge in [0.25, 0.3) is 0 Å². The number of unbranched alkanes of at least 4 members (excludes halogenated alkanes) is 6. The first-order valence-electron chi connectivity index (χ1n) is 7.25. The summed E-state index contributed by atoms with van der Waals surface area (Å²) in [6.45, 7) is 1.63.